The molecule has 9 heteroatoms. The summed E-state index contributed by atoms with van der Waals surface area (Å²) in [6.45, 7) is 6.52. The molecule has 7 nitrogen and oxygen atoms in total. The molecule has 0 saturated heterocycles. The number of hydrogen-bond donors (Lipinski definition) is 0. The molecule has 31 heavy (non-hydrogen) atoms. The molecule has 168 valence electrons. The van der Waals surface area contributed by atoms with Gasteiger partial charge < -0.3 is 14.2 Å². The van der Waals surface area contributed by atoms with Gasteiger partial charge in [0.1, 0.15) is 11.5 Å². The first kappa shape index (κ1) is 28.1. The van der Waals surface area contributed by atoms with Crippen LogP contribution in [0.5, 0.6) is 11.5 Å². The summed E-state index contributed by atoms with van der Waals surface area (Å²) in [4.78, 5) is 48.9. The molecule has 0 aliphatic rings. The van der Waals surface area contributed by atoms with Crippen LogP contribution in [0, 0.1) is 0 Å². The van der Waals surface area contributed by atoms with E-state index in [9.17, 15) is 19.2 Å². The Bertz CT molecular complexity index is 863. The van der Waals surface area contributed by atoms with Crippen LogP contribution in [0.25, 0.3) is 0 Å². The third-order valence-electron chi connectivity index (χ3n) is 3.54. The molecule has 0 fully saturated rings. The van der Waals surface area contributed by atoms with E-state index < -0.39 is 35.7 Å². The van der Waals surface area contributed by atoms with E-state index in [1.54, 1.807) is 52.0 Å². The molecule has 0 N–H and O–H groups in total. The van der Waals surface area contributed by atoms with Gasteiger partial charge in [0.05, 0.1) is 23.3 Å². The van der Waals surface area contributed by atoms with Crippen molar-refractivity contribution in [3.8, 4) is 11.5 Å². The average Bonchev–Trinajstić information content (AvgIpc) is 2.66. The van der Waals surface area contributed by atoms with Crippen molar-refractivity contribution in [3.05, 3.63) is 59.7 Å². The van der Waals surface area contributed by atoms with Crippen LogP contribution in [0.1, 0.15) is 48.4 Å². The van der Waals surface area contributed by atoms with Crippen LogP contribution < -0.4 is 4.74 Å². The Balaban J connectivity index is 0.00000450. The van der Waals surface area contributed by atoms with E-state index in [0.29, 0.717) is 0 Å². The summed E-state index contributed by atoms with van der Waals surface area (Å²) in [5, 5.41) is 0. The Morgan fingerprint density at radius 3 is 1.26 bits per heavy atom. The molecule has 0 aromatic heterocycles. The number of benzene rings is 2. The van der Waals surface area contributed by atoms with Gasteiger partial charge in [-0.1, -0.05) is 24.3 Å². The summed E-state index contributed by atoms with van der Waals surface area (Å²) < 4.78 is 15.6. The van der Waals surface area contributed by atoms with Crippen LogP contribution in [0.2, 0.25) is 0 Å². The molecule has 0 spiro atoms. The van der Waals surface area contributed by atoms with Crippen molar-refractivity contribution < 1.29 is 33.4 Å². The topological polar surface area (TPSA) is 96.0 Å². The van der Waals surface area contributed by atoms with Crippen LogP contribution in [0.3, 0.4) is 0 Å². The highest BCUT2D eigenvalue weighted by atomic mass is 35.5. The number of rotatable bonds is 8. The highest BCUT2D eigenvalue weighted by Crippen LogP contribution is 2.29. The quantitative estimate of drug-likeness (QED) is 0.316. The van der Waals surface area contributed by atoms with Crippen LogP contribution in [-0.4, -0.2) is 35.7 Å². The summed E-state index contributed by atoms with van der Waals surface area (Å²) in [5.41, 5.74) is -0.0460. The zero-order chi connectivity index (χ0) is 21.6. The summed E-state index contributed by atoms with van der Waals surface area (Å²) in [7, 11) is 0. The molecule has 0 atom stereocenters. The fourth-order valence-corrected chi connectivity index (χ4v) is 2.36. The van der Waals surface area contributed by atoms with Crippen LogP contribution in [-0.2, 0) is 19.1 Å². The Labute approximate surface area is 192 Å². The molecule has 0 radical (unpaired) electrons. The fourth-order valence-electron chi connectivity index (χ4n) is 2.36. The average molecular weight is 471 g/mol. The molecular weight excluding hydrogens is 447 g/mol. The Hall–Kier alpha value is -2.90. The number of carbonyl (C=O) groups excluding carboxylic acids is 4. The third kappa shape index (κ3) is 7.70. The van der Waals surface area contributed by atoms with Gasteiger partial charge in [-0.2, -0.15) is 0 Å². The molecule has 0 amide bonds. The first-order valence-electron chi connectivity index (χ1n) is 9.07. The molecule has 0 heterocycles. The lowest BCUT2D eigenvalue weighted by Gasteiger charge is -2.14. The van der Waals surface area contributed by atoms with Crippen molar-refractivity contribution >= 4 is 48.3 Å². The largest absolute Gasteiger partial charge is 0.457 e. The van der Waals surface area contributed by atoms with Crippen molar-refractivity contribution in [2.45, 2.75) is 39.9 Å². The van der Waals surface area contributed by atoms with Gasteiger partial charge in [0, 0.05) is 0 Å². The molecule has 0 saturated carbocycles. The van der Waals surface area contributed by atoms with Crippen molar-refractivity contribution in [1.29, 1.82) is 0 Å². The number of Topliss-reactive ketones (excluding diaryl/α,β-unsaturated/α-hetero) is 2. The predicted octanol–water partition coefficient (Wildman–Crippen LogP) is 4.59. The van der Waals surface area contributed by atoms with Crippen LogP contribution in [0.15, 0.2) is 48.5 Å². The van der Waals surface area contributed by atoms with E-state index in [0.717, 1.165) is 0 Å². The summed E-state index contributed by atoms with van der Waals surface area (Å²) in [6.07, 6.45) is -0.908. The van der Waals surface area contributed by atoms with E-state index in [1.807, 2.05) is 0 Å². The molecule has 0 aliphatic carbocycles. The lowest BCUT2D eigenvalue weighted by atomic mass is 10.1. The molecule has 0 bridgehead atoms. The number of para-hydroxylation sites is 2. The maximum Gasteiger partial charge on any atom is 0.380 e. The number of esters is 2. The molecule has 2 aromatic rings. The minimum absolute atomic E-state index is 0. The second-order valence-corrected chi connectivity index (χ2v) is 6.66. The SMILES string of the molecule is CC(C)OC(=O)C(=O)c1ccccc1Oc1ccccc1C(=O)C(=O)OC(C)C.Cl.Cl. The first-order valence-corrected chi connectivity index (χ1v) is 9.07. The smallest absolute Gasteiger partial charge is 0.380 e. The zero-order valence-electron chi connectivity index (χ0n) is 17.4. The molecule has 2 aromatic carbocycles. The van der Waals surface area contributed by atoms with Crippen molar-refractivity contribution in [1.82, 2.24) is 0 Å². The second kappa shape index (κ2) is 12.7. The van der Waals surface area contributed by atoms with Gasteiger partial charge in [-0.25, -0.2) is 9.59 Å². The van der Waals surface area contributed by atoms with Gasteiger partial charge in [-0.3, -0.25) is 9.59 Å². The number of hydrogen-bond acceptors (Lipinski definition) is 7. The van der Waals surface area contributed by atoms with Crippen molar-refractivity contribution in [2.24, 2.45) is 0 Å². The standard InChI is InChI=1S/C22H22O7.2ClH/c1-13(2)27-21(25)19(23)15-9-5-7-11-17(15)29-18-12-8-6-10-16(18)20(24)22(26)28-14(3)4;;/h5-14H,1-4H3;2*1H. The second-order valence-electron chi connectivity index (χ2n) is 6.66. The van der Waals surface area contributed by atoms with E-state index in [-0.39, 0.29) is 47.4 Å². The summed E-state index contributed by atoms with van der Waals surface area (Å²) in [5.74, 6) is -3.68. The highest BCUT2D eigenvalue weighted by Gasteiger charge is 2.26. The van der Waals surface area contributed by atoms with E-state index in [4.69, 9.17) is 14.2 Å². The highest BCUT2D eigenvalue weighted by molar-refractivity contribution is 6.42. The van der Waals surface area contributed by atoms with Crippen LogP contribution in [0.4, 0.5) is 0 Å². The van der Waals surface area contributed by atoms with E-state index in [2.05, 4.69) is 0 Å². The number of ketones is 2. The Kier molecular flexibility index (Phi) is 11.5. The normalized spacial score (nSPS) is 9.87. The van der Waals surface area contributed by atoms with Crippen LogP contribution >= 0.6 is 24.8 Å². The van der Waals surface area contributed by atoms with Gasteiger partial charge in [0.2, 0.25) is 0 Å². The third-order valence-corrected chi connectivity index (χ3v) is 3.54. The maximum absolute atomic E-state index is 12.4. The van der Waals surface area contributed by atoms with Crippen molar-refractivity contribution in [2.75, 3.05) is 0 Å². The number of carbonyl (C=O) groups is 4. The minimum Gasteiger partial charge on any atom is -0.457 e. The maximum atomic E-state index is 12.4. The van der Waals surface area contributed by atoms with Gasteiger partial charge in [-0.15, -0.1) is 24.8 Å². The lowest BCUT2D eigenvalue weighted by molar-refractivity contribution is -0.142. The van der Waals surface area contributed by atoms with Crippen molar-refractivity contribution in [3.63, 3.8) is 0 Å². The van der Waals surface area contributed by atoms with E-state index in [1.165, 1.54) is 24.3 Å². The van der Waals surface area contributed by atoms with Gasteiger partial charge >= 0.3 is 11.9 Å². The molecule has 2 rings (SSSR count). The summed E-state index contributed by atoms with van der Waals surface area (Å²) >= 11 is 0. The first-order chi connectivity index (χ1) is 13.7. The molecule has 0 aliphatic heterocycles. The zero-order valence-corrected chi connectivity index (χ0v) is 19.1. The summed E-state index contributed by atoms with van der Waals surface area (Å²) in [6, 6.07) is 12.1. The molecule has 0 unspecified atom stereocenters. The monoisotopic (exact) mass is 470 g/mol. The number of ether oxygens (including phenoxy) is 3. The lowest BCUT2D eigenvalue weighted by Crippen LogP contribution is -2.22. The van der Waals surface area contributed by atoms with E-state index >= 15 is 0 Å². The van der Waals surface area contributed by atoms with Gasteiger partial charge in [0.25, 0.3) is 11.6 Å². The predicted molar refractivity (Wildman–Crippen MR) is 119 cm³/mol. The van der Waals surface area contributed by atoms with Gasteiger partial charge in [-0.05, 0) is 52.0 Å². The Morgan fingerprint density at radius 1 is 0.613 bits per heavy atom. The minimum atomic E-state index is -1.01. The molecular formula is C22H24Cl2O7. The number of halogens is 2. The fraction of sp³-hybridized carbons (Fsp3) is 0.273. The Morgan fingerprint density at radius 2 is 0.935 bits per heavy atom. The van der Waals surface area contributed by atoms with Gasteiger partial charge in [0.15, 0.2) is 0 Å².